The minimum absolute atomic E-state index is 0.333. The molecule has 0 spiro atoms. The Morgan fingerprint density at radius 3 is 2.50 bits per heavy atom. The molecule has 126 valence electrons. The number of nitrogens with zero attached hydrogens (tertiary/aromatic N) is 2. The largest absolute Gasteiger partial charge is 0.382 e. The Morgan fingerprint density at radius 2 is 1.91 bits per heavy atom. The predicted octanol–water partition coefficient (Wildman–Crippen LogP) is 4.30. The molecular weight excluding hydrogens is 276 g/mol. The molecule has 1 atom stereocenters. The molecule has 1 unspecified atom stereocenters. The van der Waals surface area contributed by atoms with Crippen LogP contribution >= 0.6 is 0 Å². The van der Waals surface area contributed by atoms with Gasteiger partial charge in [0.1, 0.15) is 11.5 Å². The second-order valence-electron chi connectivity index (χ2n) is 5.96. The van der Waals surface area contributed by atoms with Gasteiger partial charge in [0.2, 0.25) is 6.41 Å². The van der Waals surface area contributed by atoms with Crippen molar-refractivity contribution in [2.75, 3.05) is 11.1 Å². The summed E-state index contributed by atoms with van der Waals surface area (Å²) in [5, 5.41) is 7.44. The maximum Gasteiger partial charge on any atom is 0.211 e. The zero-order valence-electron chi connectivity index (χ0n) is 14.4. The fraction of sp³-hybridized carbons (Fsp3) is 0.765. The molecule has 0 saturated carbocycles. The molecule has 1 aromatic heterocycles. The van der Waals surface area contributed by atoms with Crippen LogP contribution in [0.25, 0.3) is 0 Å². The van der Waals surface area contributed by atoms with E-state index in [1.807, 2.05) is 4.68 Å². The van der Waals surface area contributed by atoms with E-state index in [0.29, 0.717) is 24.0 Å². The van der Waals surface area contributed by atoms with Gasteiger partial charge >= 0.3 is 0 Å². The molecule has 5 nitrogen and oxygen atoms in total. The minimum Gasteiger partial charge on any atom is -0.382 e. The average molecular weight is 308 g/mol. The summed E-state index contributed by atoms with van der Waals surface area (Å²) in [5.41, 5.74) is 7.87. The Morgan fingerprint density at radius 1 is 1.14 bits per heavy atom. The van der Waals surface area contributed by atoms with Gasteiger partial charge in [-0.05, 0) is 19.3 Å². The lowest BCUT2D eigenvalue weighted by molar-refractivity contribution is -0.105. The number of unbranched alkanes of at least 4 members (excludes halogenated alkanes) is 3. The highest BCUT2D eigenvalue weighted by atomic mass is 16.1. The molecule has 1 rings (SSSR count). The Kier molecular flexibility index (Phi) is 8.63. The van der Waals surface area contributed by atoms with Crippen LogP contribution in [0.15, 0.2) is 0 Å². The number of nitrogen functional groups attached to an aromatic ring is 1. The van der Waals surface area contributed by atoms with Gasteiger partial charge < -0.3 is 11.1 Å². The molecule has 0 aromatic carbocycles. The molecule has 0 radical (unpaired) electrons. The highest BCUT2D eigenvalue weighted by Gasteiger charge is 2.20. The van der Waals surface area contributed by atoms with Gasteiger partial charge in [-0.1, -0.05) is 59.3 Å². The lowest BCUT2D eigenvalue weighted by Crippen LogP contribution is -2.14. The number of hydrogen-bond donors (Lipinski definition) is 2. The Hall–Kier alpha value is -1.52. The molecule has 0 aliphatic carbocycles. The Balaban J connectivity index is 2.92. The number of amides is 1. The monoisotopic (exact) mass is 308 g/mol. The van der Waals surface area contributed by atoms with Crippen molar-refractivity contribution < 1.29 is 4.79 Å². The molecule has 1 heterocycles. The van der Waals surface area contributed by atoms with Crippen LogP contribution in [0.1, 0.15) is 83.9 Å². The number of rotatable bonds is 12. The van der Waals surface area contributed by atoms with Gasteiger partial charge in [0.25, 0.3) is 0 Å². The van der Waals surface area contributed by atoms with Gasteiger partial charge in [0.15, 0.2) is 0 Å². The van der Waals surface area contributed by atoms with E-state index >= 15 is 0 Å². The summed E-state index contributed by atoms with van der Waals surface area (Å²) in [6.45, 7) is 6.52. The van der Waals surface area contributed by atoms with Gasteiger partial charge in [-0.3, -0.25) is 4.79 Å². The first-order chi connectivity index (χ1) is 10.7. The zero-order valence-corrected chi connectivity index (χ0v) is 14.4. The minimum atomic E-state index is 0.333. The molecule has 0 aliphatic rings. The number of carbonyl (C=O) groups excluding carboxylic acids is 1. The van der Waals surface area contributed by atoms with Crippen LogP contribution < -0.4 is 11.1 Å². The smallest absolute Gasteiger partial charge is 0.211 e. The van der Waals surface area contributed by atoms with Crippen molar-refractivity contribution in [1.82, 2.24) is 9.78 Å². The van der Waals surface area contributed by atoms with Gasteiger partial charge in [0.05, 0.1) is 11.7 Å². The van der Waals surface area contributed by atoms with Gasteiger partial charge in [-0.15, -0.1) is 0 Å². The topological polar surface area (TPSA) is 72.9 Å². The van der Waals surface area contributed by atoms with E-state index < -0.39 is 0 Å². The van der Waals surface area contributed by atoms with E-state index in [0.717, 1.165) is 37.8 Å². The summed E-state index contributed by atoms with van der Waals surface area (Å²) in [4.78, 5) is 10.8. The molecule has 1 aromatic rings. The average Bonchev–Trinajstić information content (AvgIpc) is 2.80. The zero-order chi connectivity index (χ0) is 16.4. The number of anilines is 2. The molecular formula is C17H32N4O. The van der Waals surface area contributed by atoms with E-state index in [4.69, 9.17) is 10.8 Å². The lowest BCUT2D eigenvalue weighted by Gasteiger charge is -2.18. The SMILES string of the molecule is CCCCCCC(CCC)n1nc(CCC)c(NC=O)c1N. The van der Waals surface area contributed by atoms with Crippen molar-refractivity contribution in [2.45, 2.75) is 84.6 Å². The van der Waals surface area contributed by atoms with E-state index in [2.05, 4.69) is 26.1 Å². The standard InChI is InChI=1S/C17H32N4O/c1-4-7-8-9-12-14(10-5-2)21-17(18)16(19-13-22)15(20-21)11-6-3/h13-14H,4-12,18H2,1-3H3,(H,19,22). The summed E-state index contributed by atoms with van der Waals surface area (Å²) in [7, 11) is 0. The first-order valence-corrected chi connectivity index (χ1v) is 8.76. The normalized spacial score (nSPS) is 12.3. The number of hydrogen-bond acceptors (Lipinski definition) is 3. The van der Waals surface area contributed by atoms with Crippen LogP contribution in [-0.4, -0.2) is 16.2 Å². The van der Waals surface area contributed by atoms with Crippen LogP contribution in [0.3, 0.4) is 0 Å². The fourth-order valence-electron chi connectivity index (χ4n) is 2.93. The third kappa shape index (κ3) is 5.04. The second-order valence-corrected chi connectivity index (χ2v) is 5.96. The van der Waals surface area contributed by atoms with Crippen molar-refractivity contribution in [3.05, 3.63) is 5.69 Å². The molecule has 0 bridgehead atoms. The molecule has 22 heavy (non-hydrogen) atoms. The summed E-state index contributed by atoms with van der Waals surface area (Å²) in [5.74, 6) is 0.601. The summed E-state index contributed by atoms with van der Waals surface area (Å²) in [6, 6.07) is 0.333. The summed E-state index contributed by atoms with van der Waals surface area (Å²) < 4.78 is 1.95. The van der Waals surface area contributed by atoms with E-state index in [1.165, 1.54) is 25.7 Å². The van der Waals surface area contributed by atoms with Gasteiger partial charge in [0, 0.05) is 0 Å². The maximum absolute atomic E-state index is 10.8. The number of aryl methyl sites for hydroxylation is 1. The Labute approximate surface area is 134 Å². The first-order valence-electron chi connectivity index (χ1n) is 8.76. The van der Waals surface area contributed by atoms with Crippen LogP contribution in [0.2, 0.25) is 0 Å². The van der Waals surface area contributed by atoms with Crippen molar-refractivity contribution >= 4 is 17.9 Å². The van der Waals surface area contributed by atoms with Gasteiger partial charge in [-0.25, -0.2) is 4.68 Å². The summed E-state index contributed by atoms with van der Waals surface area (Å²) in [6.07, 6.45) is 10.8. The third-order valence-electron chi connectivity index (χ3n) is 4.07. The number of nitrogens with two attached hydrogens (primary N) is 1. The van der Waals surface area contributed by atoms with Crippen molar-refractivity contribution in [2.24, 2.45) is 0 Å². The predicted molar refractivity (Wildman–Crippen MR) is 93.0 cm³/mol. The number of aromatic nitrogens is 2. The lowest BCUT2D eigenvalue weighted by atomic mass is 10.0. The molecule has 3 N–H and O–H groups in total. The van der Waals surface area contributed by atoms with Crippen LogP contribution in [-0.2, 0) is 11.2 Å². The quantitative estimate of drug-likeness (QED) is 0.446. The number of carbonyl (C=O) groups is 1. The Bertz CT molecular complexity index is 442. The molecule has 1 amide bonds. The van der Waals surface area contributed by atoms with Crippen LogP contribution in [0.5, 0.6) is 0 Å². The van der Waals surface area contributed by atoms with E-state index in [9.17, 15) is 4.79 Å². The highest BCUT2D eigenvalue weighted by Crippen LogP contribution is 2.31. The molecule has 0 aliphatic heterocycles. The second kappa shape index (κ2) is 10.2. The summed E-state index contributed by atoms with van der Waals surface area (Å²) >= 11 is 0. The van der Waals surface area contributed by atoms with Crippen LogP contribution in [0, 0.1) is 0 Å². The molecule has 0 fully saturated rings. The van der Waals surface area contributed by atoms with Gasteiger partial charge in [-0.2, -0.15) is 5.10 Å². The van der Waals surface area contributed by atoms with E-state index in [-0.39, 0.29) is 0 Å². The van der Waals surface area contributed by atoms with Crippen molar-refractivity contribution in [1.29, 1.82) is 0 Å². The molecule has 5 heteroatoms. The fourth-order valence-corrected chi connectivity index (χ4v) is 2.93. The van der Waals surface area contributed by atoms with Crippen molar-refractivity contribution in [3.63, 3.8) is 0 Å². The first kappa shape index (κ1) is 18.5. The van der Waals surface area contributed by atoms with Crippen molar-refractivity contribution in [3.8, 4) is 0 Å². The van der Waals surface area contributed by atoms with E-state index in [1.54, 1.807) is 0 Å². The molecule has 0 saturated heterocycles. The number of nitrogens with one attached hydrogen (secondary N) is 1. The van der Waals surface area contributed by atoms with Crippen LogP contribution in [0.4, 0.5) is 11.5 Å². The maximum atomic E-state index is 10.8. The third-order valence-corrected chi connectivity index (χ3v) is 4.07. The highest BCUT2D eigenvalue weighted by molar-refractivity contribution is 5.80.